The zero-order chi connectivity index (χ0) is 7.40. The van der Waals surface area contributed by atoms with Gasteiger partial charge in [0.05, 0.1) is 0 Å². The van der Waals surface area contributed by atoms with Crippen LogP contribution in [0.1, 0.15) is 26.2 Å². The lowest BCUT2D eigenvalue weighted by Gasteiger charge is -2.21. The smallest absolute Gasteiger partial charge is 0.127 e. The Hall–Kier alpha value is -0.590. The molecule has 1 aliphatic rings. The highest BCUT2D eigenvalue weighted by Gasteiger charge is 2.18. The fourth-order valence-corrected chi connectivity index (χ4v) is 1.55. The Morgan fingerprint density at radius 2 is 2.50 bits per heavy atom. The number of hydrogen-bond acceptors (Lipinski definition) is 1. The van der Waals surface area contributed by atoms with E-state index in [1.54, 1.807) is 0 Å². The molecule has 0 bridgehead atoms. The molecule has 56 valence electrons. The topological polar surface area (TPSA) is 17.1 Å². The van der Waals surface area contributed by atoms with Crippen LogP contribution in [0.3, 0.4) is 0 Å². The largest absolute Gasteiger partial charge is 0.303 e. The molecule has 0 aliphatic heterocycles. The second-order valence-electron chi connectivity index (χ2n) is 2.89. The number of rotatable bonds is 2. The molecule has 2 atom stereocenters. The zero-order valence-corrected chi connectivity index (χ0v) is 6.42. The van der Waals surface area contributed by atoms with Gasteiger partial charge in [0.15, 0.2) is 0 Å². The van der Waals surface area contributed by atoms with Gasteiger partial charge < -0.3 is 4.79 Å². The first-order chi connectivity index (χ1) is 4.88. The highest BCUT2D eigenvalue weighted by molar-refractivity contribution is 5.57. The van der Waals surface area contributed by atoms with E-state index < -0.39 is 0 Å². The van der Waals surface area contributed by atoms with E-state index in [4.69, 9.17) is 0 Å². The van der Waals surface area contributed by atoms with Crippen LogP contribution in [-0.2, 0) is 4.79 Å². The van der Waals surface area contributed by atoms with E-state index >= 15 is 0 Å². The highest BCUT2D eigenvalue weighted by atomic mass is 16.1. The Morgan fingerprint density at radius 3 is 3.00 bits per heavy atom. The van der Waals surface area contributed by atoms with Crippen LogP contribution in [0.4, 0.5) is 0 Å². The van der Waals surface area contributed by atoms with Crippen molar-refractivity contribution in [3.63, 3.8) is 0 Å². The van der Waals surface area contributed by atoms with E-state index in [1.807, 2.05) is 6.08 Å². The van der Waals surface area contributed by atoms with E-state index in [9.17, 15) is 4.79 Å². The van der Waals surface area contributed by atoms with Gasteiger partial charge in [-0.2, -0.15) is 0 Å². The summed E-state index contributed by atoms with van der Waals surface area (Å²) in [6.45, 7) is 2.15. The lowest BCUT2D eigenvalue weighted by atomic mass is 9.83. The Bertz CT molecular complexity index is 138. The van der Waals surface area contributed by atoms with Gasteiger partial charge in [0.25, 0.3) is 0 Å². The Morgan fingerprint density at radius 1 is 1.70 bits per heavy atom. The minimum atomic E-state index is 0.207. The molecule has 0 fully saturated rings. The van der Waals surface area contributed by atoms with Gasteiger partial charge in [-0.15, -0.1) is 0 Å². The fourth-order valence-electron chi connectivity index (χ4n) is 1.55. The number of hydrogen-bond donors (Lipinski definition) is 0. The Balaban J connectivity index is 2.55. The van der Waals surface area contributed by atoms with Crippen molar-refractivity contribution >= 4 is 6.29 Å². The highest BCUT2D eigenvalue weighted by Crippen LogP contribution is 2.25. The van der Waals surface area contributed by atoms with Crippen molar-refractivity contribution in [2.75, 3.05) is 0 Å². The molecule has 0 radical (unpaired) electrons. The molecule has 0 aromatic heterocycles. The summed E-state index contributed by atoms with van der Waals surface area (Å²) in [5.41, 5.74) is 0. The molecular formula is C9H14O. The third kappa shape index (κ3) is 1.47. The quantitative estimate of drug-likeness (QED) is 0.422. The van der Waals surface area contributed by atoms with Crippen molar-refractivity contribution in [1.29, 1.82) is 0 Å². The van der Waals surface area contributed by atoms with Crippen LogP contribution in [0.2, 0.25) is 0 Å². The zero-order valence-electron chi connectivity index (χ0n) is 6.42. The first-order valence-electron chi connectivity index (χ1n) is 4.00. The molecule has 1 rings (SSSR count). The summed E-state index contributed by atoms with van der Waals surface area (Å²) >= 11 is 0. The summed E-state index contributed by atoms with van der Waals surface area (Å²) in [5, 5.41) is 0. The standard InChI is InChI=1S/C9H14O/c1-2-8-5-3-4-6-9(8)7-10/h4,6-9H,2-3,5H2,1H3. The molecule has 0 N–H and O–H groups in total. The van der Waals surface area contributed by atoms with Crippen LogP contribution < -0.4 is 0 Å². The van der Waals surface area contributed by atoms with Gasteiger partial charge in [-0.3, -0.25) is 0 Å². The van der Waals surface area contributed by atoms with Crippen molar-refractivity contribution in [1.82, 2.24) is 0 Å². The molecule has 0 heterocycles. The first kappa shape index (κ1) is 7.52. The Kier molecular flexibility index (Phi) is 2.67. The average Bonchev–Trinajstić information content (AvgIpc) is 2.04. The lowest BCUT2D eigenvalue weighted by molar-refractivity contribution is -0.111. The van der Waals surface area contributed by atoms with E-state index in [-0.39, 0.29) is 5.92 Å². The molecule has 1 heteroatoms. The molecule has 0 aromatic carbocycles. The van der Waals surface area contributed by atoms with Crippen molar-refractivity contribution in [3.05, 3.63) is 12.2 Å². The summed E-state index contributed by atoms with van der Waals surface area (Å²) in [6.07, 6.45) is 8.72. The van der Waals surface area contributed by atoms with Crippen LogP contribution in [0, 0.1) is 11.8 Å². The fraction of sp³-hybridized carbons (Fsp3) is 0.667. The molecule has 10 heavy (non-hydrogen) atoms. The van der Waals surface area contributed by atoms with Crippen LogP contribution in [0.25, 0.3) is 0 Å². The minimum Gasteiger partial charge on any atom is -0.303 e. The molecule has 0 amide bonds. The molecule has 0 spiro atoms. The van der Waals surface area contributed by atoms with Crippen molar-refractivity contribution in [3.8, 4) is 0 Å². The van der Waals surface area contributed by atoms with Gasteiger partial charge in [0, 0.05) is 5.92 Å². The summed E-state index contributed by atoms with van der Waals surface area (Å²) in [4.78, 5) is 10.5. The SMILES string of the molecule is CCC1CCC=CC1C=O. The van der Waals surface area contributed by atoms with E-state index in [0.717, 1.165) is 19.1 Å². The van der Waals surface area contributed by atoms with Gasteiger partial charge in [-0.05, 0) is 18.8 Å². The molecule has 0 saturated carbocycles. The predicted octanol–water partition coefficient (Wildman–Crippen LogP) is 2.18. The van der Waals surface area contributed by atoms with Crippen molar-refractivity contribution in [2.45, 2.75) is 26.2 Å². The number of allylic oxidation sites excluding steroid dienone is 2. The normalized spacial score (nSPS) is 32.1. The number of carbonyl (C=O) groups is 1. The summed E-state index contributed by atoms with van der Waals surface area (Å²) in [5.74, 6) is 0.821. The molecule has 1 aliphatic carbocycles. The second-order valence-corrected chi connectivity index (χ2v) is 2.89. The average molecular weight is 138 g/mol. The van der Waals surface area contributed by atoms with E-state index in [0.29, 0.717) is 5.92 Å². The van der Waals surface area contributed by atoms with E-state index in [2.05, 4.69) is 13.0 Å². The second kappa shape index (κ2) is 3.55. The lowest BCUT2D eigenvalue weighted by Crippen LogP contribution is -2.15. The van der Waals surface area contributed by atoms with E-state index in [1.165, 1.54) is 6.42 Å². The Labute approximate surface area is 62.1 Å². The predicted molar refractivity (Wildman–Crippen MR) is 41.7 cm³/mol. The summed E-state index contributed by atoms with van der Waals surface area (Å²) in [7, 11) is 0. The minimum absolute atomic E-state index is 0.207. The summed E-state index contributed by atoms with van der Waals surface area (Å²) in [6, 6.07) is 0. The third-order valence-corrected chi connectivity index (χ3v) is 2.29. The van der Waals surface area contributed by atoms with Gasteiger partial charge in [0.1, 0.15) is 6.29 Å². The maximum atomic E-state index is 10.5. The molecule has 1 nitrogen and oxygen atoms in total. The maximum absolute atomic E-state index is 10.5. The van der Waals surface area contributed by atoms with Crippen LogP contribution >= 0.6 is 0 Å². The number of aldehydes is 1. The monoisotopic (exact) mass is 138 g/mol. The van der Waals surface area contributed by atoms with Gasteiger partial charge in [-0.25, -0.2) is 0 Å². The molecular weight excluding hydrogens is 124 g/mol. The van der Waals surface area contributed by atoms with Crippen molar-refractivity contribution < 1.29 is 4.79 Å². The van der Waals surface area contributed by atoms with Crippen LogP contribution in [0.5, 0.6) is 0 Å². The van der Waals surface area contributed by atoms with Gasteiger partial charge >= 0.3 is 0 Å². The number of carbonyl (C=O) groups excluding carboxylic acids is 1. The molecule has 0 saturated heterocycles. The summed E-state index contributed by atoms with van der Waals surface area (Å²) < 4.78 is 0. The third-order valence-electron chi connectivity index (χ3n) is 2.29. The molecule has 2 unspecified atom stereocenters. The van der Waals surface area contributed by atoms with Crippen LogP contribution in [0.15, 0.2) is 12.2 Å². The molecule has 0 aromatic rings. The van der Waals surface area contributed by atoms with Crippen molar-refractivity contribution in [2.24, 2.45) is 11.8 Å². The maximum Gasteiger partial charge on any atom is 0.127 e. The van der Waals surface area contributed by atoms with Gasteiger partial charge in [0.2, 0.25) is 0 Å². The van der Waals surface area contributed by atoms with Crippen LogP contribution in [-0.4, -0.2) is 6.29 Å². The first-order valence-corrected chi connectivity index (χ1v) is 4.00. The van der Waals surface area contributed by atoms with Gasteiger partial charge in [-0.1, -0.05) is 25.5 Å².